The van der Waals surface area contributed by atoms with Gasteiger partial charge in [-0.05, 0) is 29.3 Å². The van der Waals surface area contributed by atoms with Gasteiger partial charge in [-0.25, -0.2) is 15.0 Å². The summed E-state index contributed by atoms with van der Waals surface area (Å²) < 4.78 is 41.6. The molecule has 1 aromatic carbocycles. The van der Waals surface area contributed by atoms with Crippen LogP contribution < -0.4 is 9.64 Å². The summed E-state index contributed by atoms with van der Waals surface area (Å²) in [6.07, 6.45) is 1.24. The minimum absolute atomic E-state index is 0.0892. The fraction of sp³-hybridized carbons (Fsp3) is 0.200. The minimum Gasteiger partial charge on any atom is -0.468 e. The lowest BCUT2D eigenvalue weighted by Gasteiger charge is -2.12. The predicted octanol–water partition coefficient (Wildman–Crippen LogP) is 5.20. The lowest BCUT2D eigenvalue weighted by atomic mass is 9.98. The summed E-state index contributed by atoms with van der Waals surface area (Å²) in [5.41, 5.74) is 5.20. The van der Waals surface area contributed by atoms with E-state index in [1.807, 2.05) is 61.5 Å². The first-order valence-corrected chi connectivity index (χ1v) is 10.5. The summed E-state index contributed by atoms with van der Waals surface area (Å²) in [6, 6.07) is 16.7. The molecule has 3 aromatic heterocycles. The monoisotopic (exact) mass is 465 g/mol. The van der Waals surface area contributed by atoms with E-state index in [9.17, 15) is 13.2 Å². The van der Waals surface area contributed by atoms with Crippen molar-refractivity contribution in [1.29, 1.82) is 0 Å². The molecule has 0 spiro atoms. The van der Waals surface area contributed by atoms with Crippen molar-refractivity contribution in [2.75, 3.05) is 25.6 Å². The molecule has 3 heterocycles. The number of hydrogen-bond acceptors (Lipinski definition) is 6. The number of rotatable bonds is 7. The molecule has 0 bridgehead atoms. The molecule has 0 aliphatic heterocycles. The van der Waals surface area contributed by atoms with Crippen molar-refractivity contribution in [3.63, 3.8) is 0 Å². The van der Waals surface area contributed by atoms with Crippen LogP contribution in [0.15, 0.2) is 73.2 Å². The Morgan fingerprint density at radius 1 is 0.824 bits per heavy atom. The maximum atomic E-state index is 12.3. The Labute approximate surface area is 195 Å². The van der Waals surface area contributed by atoms with Crippen LogP contribution in [0.1, 0.15) is 11.3 Å². The molecule has 4 aromatic rings. The Kier molecular flexibility index (Phi) is 6.72. The predicted molar refractivity (Wildman–Crippen MR) is 124 cm³/mol. The summed E-state index contributed by atoms with van der Waals surface area (Å²) >= 11 is 0. The molecule has 0 amide bonds. The topological polar surface area (TPSA) is 64.0 Å². The Morgan fingerprint density at radius 2 is 1.56 bits per heavy atom. The Balaban J connectivity index is 1.53. The smallest absolute Gasteiger partial charge is 0.422 e. The molecule has 0 saturated heterocycles. The number of aromatic nitrogens is 4. The maximum absolute atomic E-state index is 12.3. The van der Waals surface area contributed by atoms with Gasteiger partial charge in [0.2, 0.25) is 11.8 Å². The molecule has 0 N–H and O–H groups in total. The highest BCUT2D eigenvalue weighted by Crippen LogP contribution is 2.26. The third kappa shape index (κ3) is 5.86. The van der Waals surface area contributed by atoms with Gasteiger partial charge in [-0.1, -0.05) is 30.3 Å². The van der Waals surface area contributed by atoms with E-state index < -0.39 is 12.8 Å². The number of pyridine rings is 2. The van der Waals surface area contributed by atoms with E-state index in [0.717, 1.165) is 22.4 Å². The van der Waals surface area contributed by atoms with Gasteiger partial charge in [0.1, 0.15) is 0 Å². The summed E-state index contributed by atoms with van der Waals surface area (Å²) in [6.45, 7) is -1.38. The molecule has 0 saturated carbocycles. The van der Waals surface area contributed by atoms with Gasteiger partial charge in [-0.15, -0.1) is 0 Å². The molecular formula is C25H22F3N5O. The quantitative estimate of drug-likeness (QED) is 0.374. The molecule has 0 unspecified atom stereocenters. The molecule has 0 aliphatic carbocycles. The van der Waals surface area contributed by atoms with Crippen molar-refractivity contribution in [2.24, 2.45) is 0 Å². The highest BCUT2D eigenvalue weighted by Gasteiger charge is 2.28. The second-order valence-corrected chi connectivity index (χ2v) is 7.80. The summed E-state index contributed by atoms with van der Waals surface area (Å²) in [5, 5.41) is 0. The van der Waals surface area contributed by atoms with Crippen LogP contribution in [0.5, 0.6) is 5.88 Å². The SMILES string of the molecule is CN(C)c1ncc(-c2ccccc2Cc2cccc(-c3ccc(OCC(F)(F)F)nc3)n2)cn1. The molecule has 0 atom stereocenters. The van der Waals surface area contributed by atoms with E-state index in [1.165, 1.54) is 12.3 Å². The normalized spacial score (nSPS) is 11.3. The molecule has 0 radical (unpaired) electrons. The fourth-order valence-electron chi connectivity index (χ4n) is 3.35. The average molecular weight is 465 g/mol. The zero-order chi connectivity index (χ0) is 24.1. The van der Waals surface area contributed by atoms with Crippen LogP contribution in [0.4, 0.5) is 19.1 Å². The zero-order valence-corrected chi connectivity index (χ0v) is 18.6. The lowest BCUT2D eigenvalue weighted by molar-refractivity contribution is -0.154. The molecule has 0 fully saturated rings. The van der Waals surface area contributed by atoms with Crippen molar-refractivity contribution < 1.29 is 17.9 Å². The molecule has 0 aliphatic rings. The second-order valence-electron chi connectivity index (χ2n) is 7.80. The first kappa shape index (κ1) is 23.2. The Morgan fingerprint density at radius 3 is 2.24 bits per heavy atom. The van der Waals surface area contributed by atoms with Gasteiger partial charge in [0.15, 0.2) is 6.61 Å². The zero-order valence-electron chi connectivity index (χ0n) is 18.6. The van der Waals surface area contributed by atoms with E-state index in [4.69, 9.17) is 4.98 Å². The van der Waals surface area contributed by atoms with Gasteiger partial charge in [0.05, 0.1) is 5.69 Å². The second kappa shape index (κ2) is 9.86. The third-order valence-electron chi connectivity index (χ3n) is 4.96. The van der Waals surface area contributed by atoms with E-state index >= 15 is 0 Å². The van der Waals surface area contributed by atoms with E-state index in [1.54, 1.807) is 18.5 Å². The maximum Gasteiger partial charge on any atom is 0.422 e. The third-order valence-corrected chi connectivity index (χ3v) is 4.96. The standard InChI is InChI=1S/C25H22F3N5O/c1-33(2)24-30-14-19(15-31-24)21-8-4-3-6-17(21)12-20-7-5-9-22(32-20)18-10-11-23(29-13-18)34-16-25(26,27)28/h3-11,13-15H,12,16H2,1-2H3. The van der Waals surface area contributed by atoms with Crippen LogP contribution in [0.2, 0.25) is 0 Å². The van der Waals surface area contributed by atoms with Crippen LogP contribution in [-0.4, -0.2) is 46.8 Å². The number of hydrogen-bond donors (Lipinski definition) is 0. The number of halogens is 3. The van der Waals surface area contributed by atoms with Gasteiger partial charge in [-0.2, -0.15) is 13.2 Å². The van der Waals surface area contributed by atoms with Gasteiger partial charge >= 0.3 is 6.18 Å². The van der Waals surface area contributed by atoms with Gasteiger partial charge in [0.25, 0.3) is 0 Å². The largest absolute Gasteiger partial charge is 0.468 e. The van der Waals surface area contributed by atoms with Crippen LogP contribution in [0.3, 0.4) is 0 Å². The van der Waals surface area contributed by atoms with Crippen LogP contribution in [-0.2, 0) is 6.42 Å². The number of anilines is 1. The number of benzene rings is 1. The number of ether oxygens (including phenoxy) is 1. The average Bonchev–Trinajstić information content (AvgIpc) is 2.83. The van der Waals surface area contributed by atoms with Crippen molar-refractivity contribution >= 4 is 5.95 Å². The number of alkyl halides is 3. The molecular weight excluding hydrogens is 443 g/mol. The van der Waals surface area contributed by atoms with Gasteiger partial charge < -0.3 is 9.64 Å². The summed E-state index contributed by atoms with van der Waals surface area (Å²) in [5.74, 6) is 0.549. The molecule has 9 heteroatoms. The van der Waals surface area contributed by atoms with E-state index in [0.29, 0.717) is 23.6 Å². The highest BCUT2D eigenvalue weighted by atomic mass is 19.4. The first-order chi connectivity index (χ1) is 16.3. The van der Waals surface area contributed by atoms with Crippen molar-refractivity contribution in [3.05, 3.63) is 84.4 Å². The lowest BCUT2D eigenvalue weighted by Crippen LogP contribution is -2.19. The Hall–Kier alpha value is -4.01. The molecule has 4 rings (SSSR count). The van der Waals surface area contributed by atoms with Crippen LogP contribution >= 0.6 is 0 Å². The van der Waals surface area contributed by atoms with E-state index in [2.05, 4.69) is 19.7 Å². The number of nitrogens with zero attached hydrogens (tertiary/aromatic N) is 5. The van der Waals surface area contributed by atoms with Crippen LogP contribution in [0, 0.1) is 0 Å². The molecule has 34 heavy (non-hydrogen) atoms. The van der Waals surface area contributed by atoms with Gasteiger partial charge in [-0.3, -0.25) is 4.98 Å². The van der Waals surface area contributed by atoms with Gasteiger partial charge in [0, 0.05) is 62.0 Å². The summed E-state index contributed by atoms with van der Waals surface area (Å²) in [7, 11) is 3.78. The minimum atomic E-state index is -4.41. The van der Waals surface area contributed by atoms with Crippen LogP contribution in [0.25, 0.3) is 22.4 Å². The molecule has 174 valence electrons. The fourth-order valence-corrected chi connectivity index (χ4v) is 3.35. The summed E-state index contributed by atoms with van der Waals surface area (Å²) in [4.78, 5) is 19.4. The highest BCUT2D eigenvalue weighted by molar-refractivity contribution is 5.67. The van der Waals surface area contributed by atoms with Crippen molar-refractivity contribution in [3.8, 4) is 28.3 Å². The Bertz CT molecular complexity index is 1240. The van der Waals surface area contributed by atoms with Crippen molar-refractivity contribution in [1.82, 2.24) is 19.9 Å². The molecule has 6 nitrogen and oxygen atoms in total. The first-order valence-electron chi connectivity index (χ1n) is 10.5. The van der Waals surface area contributed by atoms with E-state index in [-0.39, 0.29) is 5.88 Å². The van der Waals surface area contributed by atoms with Crippen molar-refractivity contribution in [2.45, 2.75) is 12.6 Å².